The van der Waals surface area contributed by atoms with Gasteiger partial charge in [-0.3, -0.25) is 9.52 Å². The van der Waals surface area contributed by atoms with E-state index in [0.717, 1.165) is 0 Å². The smallest absolute Gasteiger partial charge is 0.262 e. The van der Waals surface area contributed by atoms with Crippen molar-refractivity contribution in [1.82, 2.24) is 4.72 Å². The van der Waals surface area contributed by atoms with Crippen molar-refractivity contribution in [3.63, 3.8) is 0 Å². The summed E-state index contributed by atoms with van der Waals surface area (Å²) in [6.07, 6.45) is -0.403. The monoisotopic (exact) mass is 296 g/mol. The second-order valence-electron chi connectivity index (χ2n) is 4.17. The lowest BCUT2D eigenvalue weighted by molar-refractivity contribution is -0.129. The highest BCUT2D eigenvalue weighted by molar-refractivity contribution is 7.89. The molecule has 0 aromatic heterocycles. The Morgan fingerprint density at radius 3 is 2.45 bits per heavy atom. The number of nitrogens with zero attached hydrogens (tertiary/aromatic N) is 1. The maximum Gasteiger partial charge on any atom is 0.262 e. The first-order valence-corrected chi connectivity index (χ1v) is 7.63. The molecule has 108 valence electrons. The summed E-state index contributed by atoms with van der Waals surface area (Å²) >= 11 is 0. The third-order valence-electron chi connectivity index (χ3n) is 2.64. The number of hydrogen-bond acceptors (Lipinski definition) is 5. The standard InChI is InChI=1S/C13H16N2O4S/c1-3-12(19-2)13(16)15-20(17,18)9-11-6-4-10(8-14)5-7-11/h4-7,12H,3,9H2,1-2H3,(H,15,16)/t12-/m1/s1. The molecule has 1 rings (SSSR count). The van der Waals surface area contributed by atoms with E-state index in [9.17, 15) is 13.2 Å². The van der Waals surface area contributed by atoms with E-state index in [1.807, 2.05) is 10.8 Å². The van der Waals surface area contributed by atoms with Crippen molar-refractivity contribution in [2.75, 3.05) is 7.11 Å². The molecule has 0 saturated carbocycles. The number of nitriles is 1. The fourth-order valence-corrected chi connectivity index (χ4v) is 2.75. The van der Waals surface area contributed by atoms with E-state index in [1.54, 1.807) is 6.92 Å². The van der Waals surface area contributed by atoms with Gasteiger partial charge in [0.15, 0.2) is 0 Å². The molecule has 0 spiro atoms. The molecule has 1 atom stereocenters. The molecule has 1 aromatic carbocycles. The van der Waals surface area contributed by atoms with Crippen LogP contribution in [0.4, 0.5) is 0 Å². The van der Waals surface area contributed by atoms with E-state index >= 15 is 0 Å². The third kappa shape index (κ3) is 4.64. The number of nitrogens with one attached hydrogen (secondary N) is 1. The third-order valence-corrected chi connectivity index (χ3v) is 3.87. The predicted molar refractivity (Wildman–Crippen MR) is 73.0 cm³/mol. The summed E-state index contributed by atoms with van der Waals surface area (Å²) in [7, 11) is -2.43. The summed E-state index contributed by atoms with van der Waals surface area (Å²) in [5.74, 6) is -1.01. The topological polar surface area (TPSA) is 96.3 Å². The summed E-state index contributed by atoms with van der Waals surface area (Å²) in [5.41, 5.74) is 0.940. The molecule has 0 radical (unpaired) electrons. The first-order valence-electron chi connectivity index (χ1n) is 5.98. The molecule has 0 fully saturated rings. The normalized spacial score (nSPS) is 12.4. The van der Waals surface area contributed by atoms with Crippen LogP contribution in [0, 0.1) is 11.3 Å². The van der Waals surface area contributed by atoms with Crippen LogP contribution in [0.5, 0.6) is 0 Å². The lowest BCUT2D eigenvalue weighted by Crippen LogP contribution is -2.39. The quantitative estimate of drug-likeness (QED) is 0.842. The molecular formula is C13H16N2O4S. The van der Waals surface area contributed by atoms with Crippen molar-refractivity contribution in [3.8, 4) is 6.07 Å². The van der Waals surface area contributed by atoms with Crippen LogP contribution >= 0.6 is 0 Å². The molecule has 7 heteroatoms. The number of ether oxygens (including phenoxy) is 1. The minimum atomic E-state index is -3.78. The lowest BCUT2D eigenvalue weighted by atomic mass is 10.2. The van der Waals surface area contributed by atoms with Gasteiger partial charge in [-0.2, -0.15) is 5.26 Å². The molecule has 0 saturated heterocycles. The molecule has 0 aliphatic heterocycles. The summed E-state index contributed by atoms with van der Waals surface area (Å²) in [4.78, 5) is 11.7. The zero-order valence-corrected chi connectivity index (χ0v) is 12.1. The molecule has 1 aromatic rings. The summed E-state index contributed by atoms with van der Waals surface area (Å²) in [5, 5.41) is 8.66. The second kappa shape index (κ2) is 7.03. The van der Waals surface area contributed by atoms with Crippen molar-refractivity contribution >= 4 is 15.9 Å². The number of carbonyl (C=O) groups excluding carboxylic acids is 1. The van der Waals surface area contributed by atoms with E-state index in [0.29, 0.717) is 17.5 Å². The molecular weight excluding hydrogens is 280 g/mol. The van der Waals surface area contributed by atoms with Crippen LogP contribution < -0.4 is 4.72 Å². The number of sulfonamides is 1. The highest BCUT2D eigenvalue weighted by atomic mass is 32.2. The number of methoxy groups -OCH3 is 1. The Morgan fingerprint density at radius 2 is 2.00 bits per heavy atom. The van der Waals surface area contributed by atoms with E-state index in [1.165, 1.54) is 31.4 Å². The van der Waals surface area contributed by atoms with E-state index < -0.39 is 22.0 Å². The zero-order valence-electron chi connectivity index (χ0n) is 11.3. The lowest BCUT2D eigenvalue weighted by Gasteiger charge is -2.13. The van der Waals surface area contributed by atoms with Crippen molar-refractivity contribution in [1.29, 1.82) is 5.26 Å². The van der Waals surface area contributed by atoms with Crippen LogP contribution in [0.15, 0.2) is 24.3 Å². The van der Waals surface area contributed by atoms with Gasteiger partial charge in [-0.25, -0.2) is 8.42 Å². The van der Waals surface area contributed by atoms with Crippen LogP contribution in [0.1, 0.15) is 24.5 Å². The molecule has 0 aliphatic carbocycles. The van der Waals surface area contributed by atoms with Crippen LogP contribution in [-0.4, -0.2) is 27.5 Å². The zero-order chi connectivity index (χ0) is 15.2. The summed E-state index contributed by atoms with van der Waals surface area (Å²) < 4.78 is 30.6. The van der Waals surface area contributed by atoms with Gasteiger partial charge in [0.1, 0.15) is 6.10 Å². The van der Waals surface area contributed by atoms with Gasteiger partial charge in [0, 0.05) is 7.11 Å². The SMILES string of the molecule is CC[C@@H](OC)C(=O)NS(=O)(=O)Cc1ccc(C#N)cc1. The molecule has 0 heterocycles. The predicted octanol–water partition coefficient (Wildman–Crippen LogP) is 0.929. The molecule has 1 N–H and O–H groups in total. The maximum absolute atomic E-state index is 11.8. The maximum atomic E-state index is 11.8. The van der Waals surface area contributed by atoms with Gasteiger partial charge in [0.05, 0.1) is 17.4 Å². The Balaban J connectivity index is 2.74. The second-order valence-corrected chi connectivity index (χ2v) is 5.89. The average molecular weight is 296 g/mol. The van der Waals surface area contributed by atoms with E-state index in [2.05, 4.69) is 0 Å². The Labute approximate surface area is 118 Å². The van der Waals surface area contributed by atoms with Crippen molar-refractivity contribution in [2.24, 2.45) is 0 Å². The Morgan fingerprint density at radius 1 is 1.40 bits per heavy atom. The van der Waals surface area contributed by atoms with Crippen LogP contribution in [0.25, 0.3) is 0 Å². The molecule has 0 bridgehead atoms. The average Bonchev–Trinajstić information content (AvgIpc) is 2.39. The van der Waals surface area contributed by atoms with Crippen LogP contribution in [-0.2, 0) is 25.3 Å². The largest absolute Gasteiger partial charge is 0.372 e. The molecule has 0 unspecified atom stereocenters. The fourth-order valence-electron chi connectivity index (χ4n) is 1.61. The molecule has 20 heavy (non-hydrogen) atoms. The first-order chi connectivity index (χ1) is 9.41. The van der Waals surface area contributed by atoms with Crippen molar-refractivity contribution < 1.29 is 17.9 Å². The van der Waals surface area contributed by atoms with Gasteiger partial charge in [-0.15, -0.1) is 0 Å². The van der Waals surface area contributed by atoms with E-state index in [4.69, 9.17) is 10.00 Å². The number of carbonyl (C=O) groups is 1. The highest BCUT2D eigenvalue weighted by Gasteiger charge is 2.21. The number of amides is 1. The Hall–Kier alpha value is -1.91. The number of rotatable bonds is 6. The minimum absolute atomic E-state index is 0.329. The number of hydrogen-bond donors (Lipinski definition) is 1. The Kier molecular flexibility index (Phi) is 5.67. The van der Waals surface area contributed by atoms with Gasteiger partial charge in [-0.05, 0) is 24.1 Å². The fraction of sp³-hybridized carbons (Fsp3) is 0.385. The summed E-state index contributed by atoms with van der Waals surface area (Å²) in [6, 6.07) is 8.07. The molecule has 1 amide bonds. The van der Waals surface area contributed by atoms with Crippen molar-refractivity contribution in [3.05, 3.63) is 35.4 Å². The first kappa shape index (κ1) is 16.1. The summed E-state index contributed by atoms with van der Waals surface area (Å²) in [6.45, 7) is 1.72. The number of benzene rings is 1. The van der Waals surface area contributed by atoms with Gasteiger partial charge < -0.3 is 4.74 Å². The van der Waals surface area contributed by atoms with E-state index in [-0.39, 0.29) is 5.75 Å². The van der Waals surface area contributed by atoms with Gasteiger partial charge in [0.2, 0.25) is 10.0 Å². The highest BCUT2D eigenvalue weighted by Crippen LogP contribution is 2.08. The van der Waals surface area contributed by atoms with Crippen LogP contribution in [0.2, 0.25) is 0 Å². The van der Waals surface area contributed by atoms with Crippen molar-refractivity contribution in [2.45, 2.75) is 25.2 Å². The van der Waals surface area contributed by atoms with Gasteiger partial charge >= 0.3 is 0 Å². The Bertz CT molecular complexity index is 598. The molecule has 6 nitrogen and oxygen atoms in total. The van der Waals surface area contributed by atoms with Crippen LogP contribution in [0.3, 0.4) is 0 Å². The van der Waals surface area contributed by atoms with Gasteiger partial charge in [-0.1, -0.05) is 19.1 Å². The molecule has 0 aliphatic rings. The van der Waals surface area contributed by atoms with Gasteiger partial charge in [0.25, 0.3) is 5.91 Å². The minimum Gasteiger partial charge on any atom is -0.372 e.